The number of rotatable bonds is 6. The number of nitrogens with one attached hydrogen (secondary N) is 1. The Labute approximate surface area is 139 Å². The van der Waals surface area contributed by atoms with Crippen LogP contribution < -0.4 is 10.2 Å². The maximum atomic E-state index is 13.6. The summed E-state index contributed by atoms with van der Waals surface area (Å²) in [5.74, 6) is -0.668. The number of benzene rings is 1. The molecule has 1 saturated heterocycles. The first-order chi connectivity index (χ1) is 11.6. The van der Waals surface area contributed by atoms with Crippen molar-refractivity contribution in [1.29, 1.82) is 0 Å². The molecule has 2 heterocycles. The first-order valence-electron chi connectivity index (χ1n) is 8.03. The Kier molecular flexibility index (Phi) is 5.32. The fourth-order valence-electron chi connectivity index (χ4n) is 2.75. The van der Waals surface area contributed by atoms with Crippen LogP contribution in [0.15, 0.2) is 30.6 Å². The molecule has 0 saturated carbocycles. The van der Waals surface area contributed by atoms with Gasteiger partial charge in [0.1, 0.15) is 11.6 Å². The largest absolute Gasteiger partial charge is 0.387 e. The molecule has 3 rings (SSSR count). The first kappa shape index (κ1) is 16.7. The van der Waals surface area contributed by atoms with Crippen molar-refractivity contribution in [3.8, 4) is 0 Å². The molecule has 1 aromatic heterocycles. The van der Waals surface area contributed by atoms with Gasteiger partial charge in [-0.2, -0.15) is 0 Å². The molecule has 1 atom stereocenters. The van der Waals surface area contributed by atoms with Crippen LogP contribution in [-0.4, -0.2) is 34.7 Å². The molecule has 1 aliphatic heterocycles. The summed E-state index contributed by atoms with van der Waals surface area (Å²) in [6.45, 7) is 2.59. The van der Waals surface area contributed by atoms with Crippen LogP contribution in [0.3, 0.4) is 0 Å². The van der Waals surface area contributed by atoms with Gasteiger partial charge < -0.3 is 15.3 Å². The lowest BCUT2D eigenvalue weighted by Gasteiger charge is -2.15. The molecule has 1 aliphatic rings. The fourth-order valence-corrected chi connectivity index (χ4v) is 2.75. The SMILES string of the molecule is O[C@H](CNCc1cnc(N2CCCC2)nc1)c1ccc(F)cc1F. The van der Waals surface area contributed by atoms with E-state index in [0.717, 1.165) is 36.7 Å². The molecule has 128 valence electrons. The third-order valence-corrected chi connectivity index (χ3v) is 4.07. The highest BCUT2D eigenvalue weighted by Crippen LogP contribution is 2.18. The molecular weight excluding hydrogens is 314 g/mol. The minimum absolute atomic E-state index is 0.0736. The van der Waals surface area contributed by atoms with Gasteiger partial charge in [0.25, 0.3) is 0 Å². The minimum Gasteiger partial charge on any atom is -0.387 e. The Morgan fingerprint density at radius 1 is 1.17 bits per heavy atom. The van der Waals surface area contributed by atoms with E-state index in [0.29, 0.717) is 6.54 Å². The van der Waals surface area contributed by atoms with E-state index in [1.807, 2.05) is 0 Å². The average molecular weight is 334 g/mol. The molecule has 7 heteroatoms. The summed E-state index contributed by atoms with van der Waals surface area (Å²) in [5, 5.41) is 13.0. The zero-order valence-electron chi connectivity index (χ0n) is 13.3. The van der Waals surface area contributed by atoms with Gasteiger partial charge >= 0.3 is 0 Å². The lowest BCUT2D eigenvalue weighted by Crippen LogP contribution is -2.23. The maximum Gasteiger partial charge on any atom is 0.225 e. The predicted molar refractivity (Wildman–Crippen MR) is 86.5 cm³/mol. The molecule has 0 bridgehead atoms. The molecule has 1 aromatic carbocycles. The molecule has 24 heavy (non-hydrogen) atoms. The highest BCUT2D eigenvalue weighted by Gasteiger charge is 2.15. The molecule has 0 spiro atoms. The van der Waals surface area contributed by atoms with E-state index >= 15 is 0 Å². The van der Waals surface area contributed by atoms with Crippen molar-refractivity contribution in [2.45, 2.75) is 25.5 Å². The Morgan fingerprint density at radius 2 is 1.88 bits per heavy atom. The summed E-state index contributed by atoms with van der Waals surface area (Å²) in [6.07, 6.45) is 4.79. The van der Waals surface area contributed by atoms with Crippen LogP contribution in [-0.2, 0) is 6.54 Å². The van der Waals surface area contributed by atoms with Crippen LogP contribution in [0.5, 0.6) is 0 Å². The van der Waals surface area contributed by atoms with Crippen molar-refractivity contribution in [3.05, 3.63) is 53.4 Å². The first-order valence-corrected chi connectivity index (χ1v) is 8.03. The third-order valence-electron chi connectivity index (χ3n) is 4.07. The number of aromatic nitrogens is 2. The standard InChI is InChI=1S/C17H20F2N4O/c18-13-3-4-14(15(19)7-13)16(24)11-20-8-12-9-21-17(22-10-12)23-5-1-2-6-23/h3-4,7,9-10,16,20,24H,1-2,5-6,8,11H2/t16-/m1/s1. The fraction of sp³-hybridized carbons (Fsp3) is 0.412. The van der Waals surface area contributed by atoms with Gasteiger partial charge in [0.05, 0.1) is 6.10 Å². The van der Waals surface area contributed by atoms with Gasteiger partial charge in [-0.3, -0.25) is 0 Å². The van der Waals surface area contributed by atoms with E-state index in [-0.39, 0.29) is 12.1 Å². The zero-order chi connectivity index (χ0) is 16.9. The van der Waals surface area contributed by atoms with E-state index in [1.54, 1.807) is 12.4 Å². The predicted octanol–water partition coefficient (Wildman–Crippen LogP) is 2.18. The number of halogens is 2. The van der Waals surface area contributed by atoms with Gasteiger partial charge in [0.2, 0.25) is 5.95 Å². The van der Waals surface area contributed by atoms with Crippen LogP contribution in [0.1, 0.15) is 30.1 Å². The summed E-state index contributed by atoms with van der Waals surface area (Å²) >= 11 is 0. The second-order valence-corrected chi connectivity index (χ2v) is 5.90. The van der Waals surface area contributed by atoms with Crippen molar-refractivity contribution < 1.29 is 13.9 Å². The Balaban J connectivity index is 1.50. The molecule has 1 fully saturated rings. The van der Waals surface area contributed by atoms with Crippen LogP contribution in [0.2, 0.25) is 0 Å². The van der Waals surface area contributed by atoms with Crippen molar-refractivity contribution in [2.75, 3.05) is 24.5 Å². The molecule has 0 aliphatic carbocycles. The highest BCUT2D eigenvalue weighted by atomic mass is 19.1. The molecule has 5 nitrogen and oxygen atoms in total. The number of hydrogen-bond acceptors (Lipinski definition) is 5. The number of aliphatic hydroxyl groups is 1. The van der Waals surface area contributed by atoms with Gasteiger partial charge in [0.15, 0.2) is 0 Å². The lowest BCUT2D eigenvalue weighted by atomic mass is 10.1. The summed E-state index contributed by atoms with van der Waals surface area (Å²) in [4.78, 5) is 10.9. The Bertz CT molecular complexity index is 675. The molecule has 2 N–H and O–H groups in total. The summed E-state index contributed by atoms with van der Waals surface area (Å²) < 4.78 is 26.5. The monoisotopic (exact) mass is 334 g/mol. The quantitative estimate of drug-likeness (QED) is 0.848. The van der Waals surface area contributed by atoms with E-state index in [2.05, 4.69) is 20.2 Å². The summed E-state index contributed by atoms with van der Waals surface area (Å²) in [5.41, 5.74) is 0.953. The number of hydrogen-bond donors (Lipinski definition) is 2. The second-order valence-electron chi connectivity index (χ2n) is 5.90. The van der Waals surface area contributed by atoms with E-state index in [1.165, 1.54) is 18.9 Å². The minimum atomic E-state index is -1.05. The second kappa shape index (κ2) is 7.63. The Morgan fingerprint density at radius 3 is 2.54 bits per heavy atom. The van der Waals surface area contributed by atoms with Crippen molar-refractivity contribution in [2.24, 2.45) is 0 Å². The van der Waals surface area contributed by atoms with E-state index in [4.69, 9.17) is 0 Å². The third kappa shape index (κ3) is 4.04. The molecular formula is C17H20F2N4O. The van der Waals surface area contributed by atoms with Gasteiger partial charge in [-0.05, 0) is 18.9 Å². The van der Waals surface area contributed by atoms with Gasteiger partial charge in [0, 0.05) is 55.8 Å². The smallest absolute Gasteiger partial charge is 0.225 e. The van der Waals surface area contributed by atoms with Crippen molar-refractivity contribution in [1.82, 2.24) is 15.3 Å². The van der Waals surface area contributed by atoms with E-state index < -0.39 is 17.7 Å². The summed E-state index contributed by atoms with van der Waals surface area (Å²) in [7, 11) is 0. The van der Waals surface area contributed by atoms with E-state index in [9.17, 15) is 13.9 Å². The molecule has 0 amide bonds. The highest BCUT2D eigenvalue weighted by molar-refractivity contribution is 5.31. The molecule has 0 unspecified atom stereocenters. The van der Waals surface area contributed by atoms with Gasteiger partial charge in [-0.15, -0.1) is 0 Å². The molecule has 0 radical (unpaired) electrons. The Hall–Kier alpha value is -2.12. The average Bonchev–Trinajstić information content (AvgIpc) is 3.10. The molecule has 2 aromatic rings. The maximum absolute atomic E-state index is 13.6. The summed E-state index contributed by atoms with van der Waals surface area (Å²) in [6, 6.07) is 3.15. The topological polar surface area (TPSA) is 61.3 Å². The van der Waals surface area contributed by atoms with Gasteiger partial charge in [-0.25, -0.2) is 18.7 Å². The van der Waals surface area contributed by atoms with Crippen LogP contribution in [0.25, 0.3) is 0 Å². The number of aliphatic hydroxyl groups excluding tert-OH is 1. The van der Waals surface area contributed by atoms with Crippen LogP contribution in [0.4, 0.5) is 14.7 Å². The van der Waals surface area contributed by atoms with Crippen LogP contribution in [0, 0.1) is 11.6 Å². The number of anilines is 1. The zero-order valence-corrected chi connectivity index (χ0v) is 13.3. The number of nitrogens with zero attached hydrogens (tertiary/aromatic N) is 3. The van der Waals surface area contributed by atoms with Gasteiger partial charge in [-0.1, -0.05) is 6.07 Å². The van der Waals surface area contributed by atoms with Crippen molar-refractivity contribution in [3.63, 3.8) is 0 Å². The van der Waals surface area contributed by atoms with Crippen molar-refractivity contribution >= 4 is 5.95 Å². The normalized spacial score (nSPS) is 15.7. The lowest BCUT2D eigenvalue weighted by molar-refractivity contribution is 0.169. The van der Waals surface area contributed by atoms with Crippen LogP contribution >= 0.6 is 0 Å².